The molecule has 0 aliphatic carbocycles. The summed E-state index contributed by atoms with van der Waals surface area (Å²) in [6, 6.07) is 17.3. The van der Waals surface area contributed by atoms with Crippen LogP contribution in [0.5, 0.6) is 0 Å². The molecule has 28 heavy (non-hydrogen) atoms. The second kappa shape index (κ2) is 8.04. The molecule has 0 radical (unpaired) electrons. The fourth-order valence-corrected chi connectivity index (χ4v) is 3.33. The Kier molecular flexibility index (Phi) is 5.72. The number of amides is 2. The lowest BCUT2D eigenvalue weighted by Gasteiger charge is -2.20. The standard InChI is InChI=1S/C21H21F3N2O2/c1-14(15-7-9-17(10-8-15)16-5-3-2-4-6-16)25-20(28)18-11-19(27)26(12-18)13-21(22,23)24/h2-10,14,18H,11-13H2,1H3,(H,25,28). The number of halogens is 3. The number of hydrogen-bond donors (Lipinski definition) is 1. The molecule has 1 heterocycles. The summed E-state index contributed by atoms with van der Waals surface area (Å²) >= 11 is 0. The normalized spacial score (nSPS) is 18.2. The molecule has 2 aromatic rings. The fraction of sp³-hybridized carbons (Fsp3) is 0.333. The Morgan fingerprint density at radius 2 is 1.71 bits per heavy atom. The molecule has 0 spiro atoms. The summed E-state index contributed by atoms with van der Waals surface area (Å²) in [5.41, 5.74) is 3.01. The summed E-state index contributed by atoms with van der Waals surface area (Å²) in [6.07, 6.45) is -4.66. The number of carbonyl (C=O) groups is 2. The highest BCUT2D eigenvalue weighted by Gasteiger charge is 2.40. The van der Waals surface area contributed by atoms with Crippen molar-refractivity contribution in [2.75, 3.05) is 13.1 Å². The lowest BCUT2D eigenvalue weighted by Crippen LogP contribution is -2.37. The van der Waals surface area contributed by atoms with Gasteiger partial charge >= 0.3 is 6.18 Å². The summed E-state index contributed by atoms with van der Waals surface area (Å²) in [5, 5.41) is 2.80. The van der Waals surface area contributed by atoms with Gasteiger partial charge in [0.05, 0.1) is 12.0 Å². The van der Waals surface area contributed by atoms with Gasteiger partial charge in [0.15, 0.2) is 0 Å². The van der Waals surface area contributed by atoms with Gasteiger partial charge in [0, 0.05) is 13.0 Å². The van der Waals surface area contributed by atoms with Crippen LogP contribution in [-0.2, 0) is 9.59 Å². The Bertz CT molecular complexity index is 835. The third kappa shape index (κ3) is 4.91. The van der Waals surface area contributed by atoms with Gasteiger partial charge in [-0.25, -0.2) is 0 Å². The molecule has 1 N–H and O–H groups in total. The smallest absolute Gasteiger partial charge is 0.349 e. The van der Waals surface area contributed by atoms with Gasteiger partial charge in [-0.3, -0.25) is 9.59 Å². The maximum atomic E-state index is 12.5. The zero-order valence-electron chi connectivity index (χ0n) is 15.4. The van der Waals surface area contributed by atoms with Gasteiger partial charge in [-0.15, -0.1) is 0 Å². The average Bonchev–Trinajstić information content (AvgIpc) is 3.01. The lowest BCUT2D eigenvalue weighted by atomic mass is 10.0. The van der Waals surface area contributed by atoms with Crippen LogP contribution < -0.4 is 5.32 Å². The molecule has 0 aromatic heterocycles. The van der Waals surface area contributed by atoms with E-state index in [1.807, 2.05) is 54.6 Å². The second-order valence-corrected chi connectivity index (χ2v) is 7.01. The van der Waals surface area contributed by atoms with Gasteiger partial charge in [-0.05, 0) is 23.6 Å². The van der Waals surface area contributed by atoms with Gasteiger partial charge in [0.2, 0.25) is 11.8 Å². The van der Waals surface area contributed by atoms with E-state index in [1.165, 1.54) is 0 Å². The molecular formula is C21H21F3N2O2. The van der Waals surface area contributed by atoms with Crippen molar-refractivity contribution >= 4 is 11.8 Å². The van der Waals surface area contributed by atoms with Gasteiger partial charge in [0.25, 0.3) is 0 Å². The van der Waals surface area contributed by atoms with Crippen LogP contribution in [0.4, 0.5) is 13.2 Å². The van der Waals surface area contributed by atoms with Gasteiger partial charge in [0.1, 0.15) is 6.54 Å². The van der Waals surface area contributed by atoms with Crippen LogP contribution in [0.2, 0.25) is 0 Å². The van der Waals surface area contributed by atoms with Crippen LogP contribution in [0.1, 0.15) is 24.9 Å². The molecule has 2 atom stereocenters. The predicted octanol–water partition coefficient (Wildman–Crippen LogP) is 3.94. The summed E-state index contributed by atoms with van der Waals surface area (Å²) in [4.78, 5) is 24.8. The Labute approximate surface area is 161 Å². The van der Waals surface area contributed by atoms with Crippen molar-refractivity contribution in [3.8, 4) is 11.1 Å². The van der Waals surface area contributed by atoms with E-state index in [0.717, 1.165) is 16.7 Å². The minimum absolute atomic E-state index is 0.193. The van der Waals surface area contributed by atoms with E-state index in [9.17, 15) is 22.8 Å². The quantitative estimate of drug-likeness (QED) is 0.841. The molecule has 3 rings (SSSR count). The summed E-state index contributed by atoms with van der Waals surface area (Å²) in [5.74, 6) is -1.81. The van der Waals surface area contributed by atoms with Crippen LogP contribution in [0, 0.1) is 5.92 Å². The van der Waals surface area contributed by atoms with E-state index in [-0.39, 0.29) is 19.0 Å². The molecule has 148 valence electrons. The molecule has 2 amide bonds. The van der Waals surface area contributed by atoms with E-state index in [2.05, 4.69) is 5.32 Å². The van der Waals surface area contributed by atoms with Crippen molar-refractivity contribution < 1.29 is 22.8 Å². The molecule has 0 bridgehead atoms. The molecule has 1 aliphatic heterocycles. The number of hydrogen-bond acceptors (Lipinski definition) is 2. The SMILES string of the molecule is CC(NC(=O)C1CC(=O)N(CC(F)(F)F)C1)c1ccc(-c2ccccc2)cc1. The van der Waals surface area contributed by atoms with E-state index >= 15 is 0 Å². The molecule has 2 unspecified atom stereocenters. The number of nitrogens with one attached hydrogen (secondary N) is 1. The topological polar surface area (TPSA) is 49.4 Å². The predicted molar refractivity (Wildman–Crippen MR) is 99.2 cm³/mol. The maximum absolute atomic E-state index is 12.5. The zero-order valence-corrected chi connectivity index (χ0v) is 15.4. The van der Waals surface area contributed by atoms with Crippen molar-refractivity contribution in [3.05, 3.63) is 60.2 Å². The number of alkyl halides is 3. The molecular weight excluding hydrogens is 369 g/mol. The largest absolute Gasteiger partial charge is 0.406 e. The van der Waals surface area contributed by atoms with Crippen LogP contribution >= 0.6 is 0 Å². The minimum Gasteiger partial charge on any atom is -0.349 e. The number of nitrogens with zero attached hydrogens (tertiary/aromatic N) is 1. The van der Waals surface area contributed by atoms with E-state index in [0.29, 0.717) is 4.90 Å². The van der Waals surface area contributed by atoms with E-state index < -0.39 is 30.5 Å². The van der Waals surface area contributed by atoms with Crippen LogP contribution in [0.25, 0.3) is 11.1 Å². The number of likely N-dealkylation sites (tertiary alicyclic amines) is 1. The van der Waals surface area contributed by atoms with Crippen molar-refractivity contribution in [2.24, 2.45) is 5.92 Å². The third-order valence-electron chi connectivity index (χ3n) is 4.83. The van der Waals surface area contributed by atoms with Crippen molar-refractivity contribution in [1.29, 1.82) is 0 Å². The van der Waals surface area contributed by atoms with Gasteiger partial charge in [-0.1, -0.05) is 54.6 Å². The van der Waals surface area contributed by atoms with Crippen LogP contribution in [0.15, 0.2) is 54.6 Å². The summed E-state index contributed by atoms with van der Waals surface area (Å²) in [7, 11) is 0. The summed E-state index contributed by atoms with van der Waals surface area (Å²) in [6.45, 7) is 0.287. The molecule has 1 saturated heterocycles. The molecule has 2 aromatic carbocycles. The second-order valence-electron chi connectivity index (χ2n) is 7.01. The minimum atomic E-state index is -4.46. The molecule has 4 nitrogen and oxygen atoms in total. The highest BCUT2D eigenvalue weighted by Crippen LogP contribution is 2.25. The molecule has 7 heteroatoms. The third-order valence-corrected chi connectivity index (χ3v) is 4.83. The number of benzene rings is 2. The van der Waals surface area contributed by atoms with Crippen molar-refractivity contribution in [1.82, 2.24) is 10.2 Å². The van der Waals surface area contributed by atoms with Crippen LogP contribution in [-0.4, -0.2) is 36.0 Å². The Hall–Kier alpha value is -2.83. The van der Waals surface area contributed by atoms with Gasteiger partial charge in [-0.2, -0.15) is 13.2 Å². The van der Waals surface area contributed by atoms with E-state index in [4.69, 9.17) is 0 Å². The van der Waals surface area contributed by atoms with Crippen molar-refractivity contribution in [2.45, 2.75) is 25.6 Å². The number of rotatable bonds is 5. The maximum Gasteiger partial charge on any atom is 0.406 e. The zero-order chi connectivity index (χ0) is 20.3. The van der Waals surface area contributed by atoms with Gasteiger partial charge < -0.3 is 10.2 Å². The average molecular weight is 390 g/mol. The highest BCUT2D eigenvalue weighted by atomic mass is 19.4. The Morgan fingerprint density at radius 1 is 1.11 bits per heavy atom. The first-order valence-electron chi connectivity index (χ1n) is 9.03. The first kappa shape index (κ1) is 19.9. The number of carbonyl (C=O) groups excluding carboxylic acids is 2. The highest BCUT2D eigenvalue weighted by molar-refractivity contribution is 5.89. The Morgan fingerprint density at radius 3 is 2.32 bits per heavy atom. The first-order valence-corrected chi connectivity index (χ1v) is 9.03. The fourth-order valence-electron chi connectivity index (χ4n) is 3.33. The van der Waals surface area contributed by atoms with E-state index in [1.54, 1.807) is 6.92 Å². The summed E-state index contributed by atoms with van der Waals surface area (Å²) < 4.78 is 37.5. The molecule has 1 aliphatic rings. The Balaban J connectivity index is 1.59. The molecule has 0 saturated carbocycles. The van der Waals surface area contributed by atoms with Crippen molar-refractivity contribution in [3.63, 3.8) is 0 Å². The monoisotopic (exact) mass is 390 g/mol. The first-order chi connectivity index (χ1) is 13.2. The lowest BCUT2D eigenvalue weighted by molar-refractivity contribution is -0.157. The molecule has 1 fully saturated rings. The van der Waals surface area contributed by atoms with Crippen LogP contribution in [0.3, 0.4) is 0 Å².